The topological polar surface area (TPSA) is 73.6 Å². The number of carbonyl (C=O) groups excluding carboxylic acids is 1. The molecule has 0 aliphatic carbocycles. The zero-order chi connectivity index (χ0) is 14.4. The third-order valence-corrected chi connectivity index (χ3v) is 2.73. The summed E-state index contributed by atoms with van der Waals surface area (Å²) in [4.78, 5) is 11.2. The van der Waals surface area contributed by atoms with Crippen LogP contribution in [0, 0.1) is 0 Å². The Morgan fingerprint density at radius 1 is 1.15 bits per heavy atom. The highest BCUT2D eigenvalue weighted by molar-refractivity contribution is 5.72. The van der Waals surface area contributed by atoms with Crippen LogP contribution in [0.25, 0.3) is 0 Å². The van der Waals surface area contributed by atoms with E-state index < -0.39 is 0 Å². The van der Waals surface area contributed by atoms with E-state index in [1.807, 2.05) is 48.5 Å². The van der Waals surface area contributed by atoms with Gasteiger partial charge in [0, 0.05) is 5.69 Å². The maximum atomic E-state index is 11.2. The molecule has 5 heteroatoms. The van der Waals surface area contributed by atoms with Gasteiger partial charge in [-0.2, -0.15) is 0 Å². The average Bonchev–Trinajstić information content (AvgIpc) is 2.48. The number of esters is 1. The molecule has 104 valence electrons. The van der Waals surface area contributed by atoms with E-state index in [1.165, 1.54) is 7.11 Å². The van der Waals surface area contributed by atoms with E-state index in [4.69, 9.17) is 10.6 Å². The van der Waals surface area contributed by atoms with Crippen LogP contribution in [0.4, 0.5) is 5.69 Å². The quantitative estimate of drug-likeness (QED) is 0.497. The molecule has 0 spiro atoms. The number of methoxy groups -OCH3 is 1. The molecule has 0 saturated heterocycles. The summed E-state index contributed by atoms with van der Waals surface area (Å²) in [6.07, 6.45) is 0.226. The van der Waals surface area contributed by atoms with Crippen molar-refractivity contribution in [1.82, 2.24) is 0 Å². The average molecular weight is 272 g/mol. The summed E-state index contributed by atoms with van der Waals surface area (Å²) in [7, 11) is 1.37. The highest BCUT2D eigenvalue weighted by Gasteiger charge is 2.04. The lowest BCUT2D eigenvalue weighted by molar-refractivity contribution is -0.139. The van der Waals surface area contributed by atoms with Gasteiger partial charge >= 0.3 is 5.97 Å². The standard InChI is InChI=1S/C15H16N2O3/c1-19-15(18)10-11-3-2-4-14(9-11)20-13-7-5-12(17-16)6-8-13/h2-9,17H,10,16H2,1H3. The molecule has 0 unspecified atom stereocenters. The zero-order valence-electron chi connectivity index (χ0n) is 11.1. The molecule has 0 fully saturated rings. The molecule has 0 heterocycles. The Hall–Kier alpha value is -2.53. The molecule has 2 aromatic rings. The maximum absolute atomic E-state index is 11.2. The molecule has 3 N–H and O–H groups in total. The molecule has 0 bridgehead atoms. The van der Waals surface area contributed by atoms with Crippen molar-refractivity contribution >= 4 is 11.7 Å². The number of benzene rings is 2. The normalized spacial score (nSPS) is 9.90. The van der Waals surface area contributed by atoms with Crippen molar-refractivity contribution in [3.05, 3.63) is 54.1 Å². The van der Waals surface area contributed by atoms with Crippen molar-refractivity contribution in [2.45, 2.75) is 6.42 Å². The Labute approximate surface area is 117 Å². The SMILES string of the molecule is COC(=O)Cc1cccc(Oc2ccc(NN)cc2)c1. The summed E-state index contributed by atoms with van der Waals surface area (Å²) in [6, 6.07) is 14.6. The summed E-state index contributed by atoms with van der Waals surface area (Å²) < 4.78 is 10.4. The van der Waals surface area contributed by atoms with E-state index >= 15 is 0 Å². The summed E-state index contributed by atoms with van der Waals surface area (Å²) in [5.74, 6) is 6.38. The molecule has 0 amide bonds. The first-order valence-electron chi connectivity index (χ1n) is 6.11. The molecule has 20 heavy (non-hydrogen) atoms. The van der Waals surface area contributed by atoms with Crippen molar-refractivity contribution in [2.75, 3.05) is 12.5 Å². The van der Waals surface area contributed by atoms with Gasteiger partial charge in [-0.15, -0.1) is 0 Å². The van der Waals surface area contributed by atoms with Crippen LogP contribution in [0.3, 0.4) is 0 Å². The van der Waals surface area contributed by atoms with Gasteiger partial charge in [0.25, 0.3) is 0 Å². The number of carbonyl (C=O) groups is 1. The fourth-order valence-electron chi connectivity index (χ4n) is 1.71. The Morgan fingerprint density at radius 2 is 1.90 bits per heavy atom. The van der Waals surface area contributed by atoms with Crippen molar-refractivity contribution in [1.29, 1.82) is 0 Å². The number of anilines is 1. The van der Waals surface area contributed by atoms with Crippen LogP contribution >= 0.6 is 0 Å². The van der Waals surface area contributed by atoms with Crippen LogP contribution in [0.1, 0.15) is 5.56 Å². The summed E-state index contributed by atoms with van der Waals surface area (Å²) in [6.45, 7) is 0. The maximum Gasteiger partial charge on any atom is 0.309 e. The van der Waals surface area contributed by atoms with Gasteiger partial charge in [-0.25, -0.2) is 0 Å². The van der Waals surface area contributed by atoms with Crippen molar-refractivity contribution < 1.29 is 14.3 Å². The van der Waals surface area contributed by atoms with E-state index in [0.29, 0.717) is 11.5 Å². The van der Waals surface area contributed by atoms with Gasteiger partial charge in [-0.1, -0.05) is 12.1 Å². The lowest BCUT2D eigenvalue weighted by atomic mass is 10.1. The van der Waals surface area contributed by atoms with Crippen LogP contribution in [-0.2, 0) is 16.0 Å². The van der Waals surface area contributed by atoms with Crippen molar-refractivity contribution in [3.8, 4) is 11.5 Å². The van der Waals surface area contributed by atoms with E-state index in [-0.39, 0.29) is 12.4 Å². The monoisotopic (exact) mass is 272 g/mol. The third kappa shape index (κ3) is 3.73. The first kappa shape index (κ1) is 13.9. The van der Waals surface area contributed by atoms with Gasteiger partial charge in [0.2, 0.25) is 0 Å². The number of rotatable bonds is 5. The smallest absolute Gasteiger partial charge is 0.309 e. The second kappa shape index (κ2) is 6.58. The van der Waals surface area contributed by atoms with Gasteiger partial charge in [0.1, 0.15) is 11.5 Å². The summed E-state index contributed by atoms with van der Waals surface area (Å²) in [5, 5.41) is 0. The molecule has 2 rings (SSSR count). The van der Waals surface area contributed by atoms with E-state index in [0.717, 1.165) is 11.3 Å². The van der Waals surface area contributed by atoms with Gasteiger partial charge < -0.3 is 14.9 Å². The minimum absolute atomic E-state index is 0.226. The van der Waals surface area contributed by atoms with Gasteiger partial charge in [0.15, 0.2) is 0 Å². The van der Waals surface area contributed by atoms with Crippen LogP contribution < -0.4 is 16.0 Å². The second-order valence-corrected chi connectivity index (χ2v) is 4.17. The molecule has 0 aliphatic heterocycles. The summed E-state index contributed by atoms with van der Waals surface area (Å²) in [5.41, 5.74) is 4.19. The molecule has 0 aliphatic rings. The Morgan fingerprint density at radius 3 is 2.55 bits per heavy atom. The number of hydrogen-bond acceptors (Lipinski definition) is 5. The predicted octanol–water partition coefficient (Wildman–Crippen LogP) is 2.48. The lowest BCUT2D eigenvalue weighted by Gasteiger charge is -2.08. The van der Waals surface area contributed by atoms with Crippen LogP contribution in [0.15, 0.2) is 48.5 Å². The Bertz CT molecular complexity index is 582. The number of hydrazine groups is 1. The molecular weight excluding hydrogens is 256 g/mol. The minimum Gasteiger partial charge on any atom is -0.469 e. The number of nitrogens with one attached hydrogen (secondary N) is 1. The molecule has 5 nitrogen and oxygen atoms in total. The molecular formula is C15H16N2O3. The lowest BCUT2D eigenvalue weighted by Crippen LogP contribution is -2.06. The van der Waals surface area contributed by atoms with E-state index in [9.17, 15) is 4.79 Å². The number of nitrogens with two attached hydrogens (primary N) is 1. The first-order chi connectivity index (χ1) is 9.71. The molecule has 0 radical (unpaired) electrons. The zero-order valence-corrected chi connectivity index (χ0v) is 11.1. The molecule has 2 aromatic carbocycles. The predicted molar refractivity (Wildman–Crippen MR) is 76.5 cm³/mol. The number of hydrogen-bond donors (Lipinski definition) is 2. The minimum atomic E-state index is -0.277. The van der Waals surface area contributed by atoms with Crippen LogP contribution in [0.2, 0.25) is 0 Å². The molecule has 0 aromatic heterocycles. The van der Waals surface area contributed by atoms with Gasteiger partial charge in [-0.3, -0.25) is 10.6 Å². The van der Waals surface area contributed by atoms with Gasteiger partial charge in [-0.05, 0) is 42.0 Å². The fraction of sp³-hybridized carbons (Fsp3) is 0.133. The largest absolute Gasteiger partial charge is 0.469 e. The van der Waals surface area contributed by atoms with Crippen molar-refractivity contribution in [3.63, 3.8) is 0 Å². The van der Waals surface area contributed by atoms with E-state index in [1.54, 1.807) is 0 Å². The van der Waals surface area contributed by atoms with Crippen LogP contribution in [-0.4, -0.2) is 13.1 Å². The molecule has 0 atom stereocenters. The van der Waals surface area contributed by atoms with Gasteiger partial charge in [0.05, 0.1) is 13.5 Å². The molecule has 0 saturated carbocycles. The highest BCUT2D eigenvalue weighted by Crippen LogP contribution is 2.23. The summed E-state index contributed by atoms with van der Waals surface area (Å²) >= 11 is 0. The number of nitrogen functional groups attached to an aromatic ring is 1. The second-order valence-electron chi connectivity index (χ2n) is 4.17. The Balaban J connectivity index is 2.08. The van der Waals surface area contributed by atoms with Crippen molar-refractivity contribution in [2.24, 2.45) is 5.84 Å². The fourth-order valence-corrected chi connectivity index (χ4v) is 1.71. The number of ether oxygens (including phenoxy) is 2. The highest BCUT2D eigenvalue weighted by atomic mass is 16.5. The first-order valence-corrected chi connectivity index (χ1v) is 6.11. The third-order valence-electron chi connectivity index (χ3n) is 2.73. The Kier molecular flexibility index (Phi) is 4.57. The van der Waals surface area contributed by atoms with Crippen LogP contribution in [0.5, 0.6) is 11.5 Å². The van der Waals surface area contributed by atoms with E-state index in [2.05, 4.69) is 10.2 Å².